The number of aromatic nitrogens is 2. The molecule has 1 atom stereocenters. The zero-order valence-electron chi connectivity index (χ0n) is 11.5. The molecule has 22 heavy (non-hydrogen) atoms. The minimum Gasteiger partial charge on any atom is -0.323 e. The summed E-state index contributed by atoms with van der Waals surface area (Å²) < 4.78 is -1.03. The van der Waals surface area contributed by atoms with E-state index in [4.69, 9.17) is 35.4 Å². The lowest BCUT2D eigenvalue weighted by molar-refractivity contribution is -0.124. The molecule has 1 aromatic heterocycles. The Balaban J connectivity index is 1.55. The number of hydrogen-bond acceptors (Lipinski definition) is 4. The largest absolute Gasteiger partial charge is 0.323 e. The highest BCUT2D eigenvalue weighted by Crippen LogP contribution is 2.63. The van der Waals surface area contributed by atoms with Gasteiger partial charge >= 0.3 is 0 Å². The van der Waals surface area contributed by atoms with Gasteiger partial charge in [0.25, 0.3) is 0 Å². The Bertz CT molecular complexity index is 729. The van der Waals surface area contributed by atoms with Crippen molar-refractivity contribution in [2.75, 3.05) is 5.43 Å². The second kappa shape index (κ2) is 5.26. The monoisotopic (exact) mass is 357 g/mol. The number of aromatic amines is 1. The van der Waals surface area contributed by atoms with Gasteiger partial charge in [0.05, 0.1) is 16.4 Å². The van der Waals surface area contributed by atoms with Crippen molar-refractivity contribution in [3.63, 3.8) is 0 Å². The number of alkyl halides is 2. The predicted octanol–water partition coefficient (Wildman–Crippen LogP) is 2.46. The molecule has 0 aliphatic heterocycles. The van der Waals surface area contributed by atoms with Gasteiger partial charge in [-0.3, -0.25) is 15.6 Å². The number of benzene rings is 1. The number of carbonyl (C=O) groups is 1. The van der Waals surface area contributed by atoms with Crippen LogP contribution in [0.2, 0.25) is 0 Å². The SMILES string of the molecule is C[C@]1(C(=O)NC(=S)NNc2nc3ccccc3[nH]2)CC1(Cl)Cl. The normalized spacial score (nSPS) is 22.1. The molecule has 0 spiro atoms. The average molecular weight is 358 g/mol. The highest BCUT2D eigenvalue weighted by molar-refractivity contribution is 7.80. The van der Waals surface area contributed by atoms with Gasteiger partial charge in [-0.1, -0.05) is 12.1 Å². The maximum Gasteiger partial charge on any atom is 0.235 e. The number of thiocarbonyl (C=S) groups is 1. The molecule has 0 unspecified atom stereocenters. The number of rotatable bonds is 3. The summed E-state index contributed by atoms with van der Waals surface area (Å²) in [6, 6.07) is 7.59. The van der Waals surface area contributed by atoms with Gasteiger partial charge in [-0.05, 0) is 37.7 Å². The van der Waals surface area contributed by atoms with Gasteiger partial charge in [-0.25, -0.2) is 4.98 Å². The maximum atomic E-state index is 12.0. The fourth-order valence-corrected chi connectivity index (χ4v) is 2.90. The number of para-hydroxylation sites is 2. The molecule has 4 N–H and O–H groups in total. The van der Waals surface area contributed by atoms with Crippen LogP contribution in [-0.2, 0) is 4.79 Å². The number of hydrazine groups is 1. The molecular weight excluding hydrogens is 345 g/mol. The molecule has 0 bridgehead atoms. The third-order valence-corrected chi connectivity index (χ3v) is 4.98. The van der Waals surface area contributed by atoms with Gasteiger partial charge in [0, 0.05) is 0 Å². The van der Waals surface area contributed by atoms with Crippen LogP contribution in [0.15, 0.2) is 24.3 Å². The molecule has 9 heteroatoms. The molecule has 0 radical (unpaired) electrons. The number of H-pyrrole nitrogens is 1. The second-order valence-corrected chi connectivity index (χ2v) is 7.24. The van der Waals surface area contributed by atoms with E-state index in [2.05, 4.69) is 26.1 Å². The van der Waals surface area contributed by atoms with Crippen molar-refractivity contribution >= 4 is 63.4 Å². The number of anilines is 1. The van der Waals surface area contributed by atoms with Crippen LogP contribution < -0.4 is 16.2 Å². The third kappa shape index (κ3) is 2.71. The molecule has 1 saturated carbocycles. The van der Waals surface area contributed by atoms with Crippen LogP contribution in [0.1, 0.15) is 13.3 Å². The number of hydrogen-bond donors (Lipinski definition) is 4. The van der Waals surface area contributed by atoms with Gasteiger partial charge in [0.15, 0.2) is 5.11 Å². The minimum absolute atomic E-state index is 0.114. The van der Waals surface area contributed by atoms with E-state index >= 15 is 0 Å². The quantitative estimate of drug-likeness (QED) is 0.385. The van der Waals surface area contributed by atoms with Gasteiger partial charge in [0.2, 0.25) is 11.9 Å². The van der Waals surface area contributed by atoms with Crippen LogP contribution in [0.4, 0.5) is 5.95 Å². The number of fused-ring (bicyclic) bond motifs is 1. The molecule has 1 amide bonds. The van der Waals surface area contributed by atoms with E-state index in [0.29, 0.717) is 12.4 Å². The molecule has 1 aromatic carbocycles. The Morgan fingerprint density at radius 2 is 2.09 bits per heavy atom. The molecular formula is C13H13Cl2N5OS. The molecule has 1 heterocycles. The third-order valence-electron chi connectivity index (χ3n) is 3.67. The summed E-state index contributed by atoms with van der Waals surface area (Å²) in [5.74, 6) is 0.167. The summed E-state index contributed by atoms with van der Waals surface area (Å²) >= 11 is 17.0. The van der Waals surface area contributed by atoms with Crippen LogP contribution in [0.25, 0.3) is 11.0 Å². The molecule has 116 valence electrons. The van der Waals surface area contributed by atoms with E-state index in [-0.39, 0.29) is 11.0 Å². The summed E-state index contributed by atoms with van der Waals surface area (Å²) in [6.45, 7) is 1.69. The highest BCUT2D eigenvalue weighted by atomic mass is 35.5. The predicted molar refractivity (Wildman–Crippen MR) is 90.8 cm³/mol. The van der Waals surface area contributed by atoms with Crippen LogP contribution in [0, 0.1) is 5.41 Å². The van der Waals surface area contributed by atoms with E-state index in [1.54, 1.807) is 6.92 Å². The number of nitrogens with zero attached hydrogens (tertiary/aromatic N) is 1. The smallest absolute Gasteiger partial charge is 0.235 e. The number of nitrogens with one attached hydrogen (secondary N) is 4. The van der Waals surface area contributed by atoms with Crippen LogP contribution >= 0.6 is 35.4 Å². The molecule has 1 aliphatic carbocycles. The Morgan fingerprint density at radius 3 is 2.73 bits per heavy atom. The van der Waals surface area contributed by atoms with Crippen LogP contribution in [-0.4, -0.2) is 25.3 Å². The summed E-state index contributed by atoms with van der Waals surface area (Å²) in [4.78, 5) is 19.4. The topological polar surface area (TPSA) is 81.8 Å². The first-order chi connectivity index (χ1) is 10.3. The number of carbonyl (C=O) groups excluding carboxylic acids is 1. The number of amides is 1. The highest BCUT2D eigenvalue weighted by Gasteiger charge is 2.68. The van der Waals surface area contributed by atoms with Gasteiger partial charge < -0.3 is 10.3 Å². The summed E-state index contributed by atoms with van der Waals surface area (Å²) in [5, 5.41) is 2.66. The minimum atomic E-state index is -1.03. The van der Waals surface area contributed by atoms with Gasteiger partial charge in [0.1, 0.15) is 4.33 Å². The van der Waals surface area contributed by atoms with Gasteiger partial charge in [-0.15, -0.1) is 23.2 Å². The van der Waals surface area contributed by atoms with Crippen LogP contribution in [0.3, 0.4) is 0 Å². The summed E-state index contributed by atoms with van der Waals surface area (Å²) in [5.41, 5.74) is 6.37. The molecule has 0 saturated heterocycles. The van der Waals surface area contributed by atoms with E-state index in [1.165, 1.54) is 0 Å². The van der Waals surface area contributed by atoms with E-state index in [1.807, 2.05) is 24.3 Å². The standard InChI is InChI=1S/C13H13Cl2N5OS/c1-12(6-13(12,14)15)9(21)18-11(22)20-19-10-16-7-4-2-3-5-8(7)17-10/h2-5H,6H2,1H3,(H2,16,17,19)(H2,18,20,21,22)/t12-/m1/s1. The van der Waals surface area contributed by atoms with Crippen molar-refractivity contribution in [1.82, 2.24) is 20.7 Å². The molecule has 1 fully saturated rings. The first-order valence-electron chi connectivity index (χ1n) is 6.52. The summed E-state index contributed by atoms with van der Waals surface area (Å²) in [6.07, 6.45) is 0.397. The zero-order chi connectivity index (χ0) is 16.0. The Labute approximate surface area is 141 Å². The summed E-state index contributed by atoms with van der Waals surface area (Å²) in [7, 11) is 0. The Kier molecular flexibility index (Phi) is 3.66. The van der Waals surface area contributed by atoms with Crippen molar-refractivity contribution in [3.05, 3.63) is 24.3 Å². The van der Waals surface area contributed by atoms with Crippen LogP contribution in [0.5, 0.6) is 0 Å². The van der Waals surface area contributed by atoms with E-state index in [0.717, 1.165) is 11.0 Å². The Hall–Kier alpha value is -1.57. The lowest BCUT2D eigenvalue weighted by atomic mass is 10.1. The van der Waals surface area contributed by atoms with Crippen molar-refractivity contribution in [2.24, 2.45) is 5.41 Å². The first-order valence-corrected chi connectivity index (χ1v) is 7.68. The van der Waals surface area contributed by atoms with Crippen molar-refractivity contribution in [1.29, 1.82) is 0 Å². The molecule has 6 nitrogen and oxygen atoms in total. The first kappa shape index (κ1) is 15.3. The van der Waals surface area contributed by atoms with E-state index in [9.17, 15) is 4.79 Å². The maximum absolute atomic E-state index is 12.0. The Morgan fingerprint density at radius 1 is 1.41 bits per heavy atom. The molecule has 1 aliphatic rings. The zero-order valence-corrected chi connectivity index (χ0v) is 13.9. The average Bonchev–Trinajstić information content (AvgIpc) is 2.84. The lowest BCUT2D eigenvalue weighted by Gasteiger charge is -2.14. The molecule has 2 aromatic rings. The van der Waals surface area contributed by atoms with Crippen molar-refractivity contribution < 1.29 is 4.79 Å². The van der Waals surface area contributed by atoms with Crippen molar-refractivity contribution in [2.45, 2.75) is 17.7 Å². The number of imidazole rings is 1. The lowest BCUT2D eigenvalue weighted by Crippen LogP contribution is -2.45. The fraction of sp³-hybridized carbons (Fsp3) is 0.308. The van der Waals surface area contributed by atoms with Crippen molar-refractivity contribution in [3.8, 4) is 0 Å². The fourth-order valence-electron chi connectivity index (χ4n) is 2.05. The second-order valence-electron chi connectivity index (χ2n) is 5.35. The molecule has 3 rings (SSSR count). The van der Waals surface area contributed by atoms with Gasteiger partial charge in [-0.2, -0.15) is 0 Å². The van der Waals surface area contributed by atoms with E-state index < -0.39 is 9.75 Å². The number of halogens is 2.